The van der Waals surface area contributed by atoms with E-state index >= 15 is 0 Å². The molecule has 5 nitrogen and oxygen atoms in total. The molecule has 0 aliphatic rings. The summed E-state index contributed by atoms with van der Waals surface area (Å²) in [6, 6.07) is 5.00. The van der Waals surface area contributed by atoms with Crippen LogP contribution in [0.3, 0.4) is 0 Å². The van der Waals surface area contributed by atoms with E-state index in [0.717, 1.165) is 0 Å². The van der Waals surface area contributed by atoms with Crippen LogP contribution in [0.15, 0.2) is 18.2 Å². The number of anilines is 1. The van der Waals surface area contributed by atoms with Crippen LogP contribution in [0, 0.1) is 0 Å². The van der Waals surface area contributed by atoms with Gasteiger partial charge in [-0.15, -0.1) is 0 Å². The fraction of sp³-hybridized carbons (Fsp3) is 0.462. The van der Waals surface area contributed by atoms with Crippen molar-refractivity contribution >= 4 is 11.7 Å². The number of rotatable bonds is 6. The molecule has 1 aromatic carbocycles. The molecule has 0 radical (unpaired) electrons. The molecular weight excluding hydrogens is 234 g/mol. The first-order valence-electron chi connectivity index (χ1n) is 5.81. The van der Waals surface area contributed by atoms with Crippen LogP contribution in [0.1, 0.15) is 24.2 Å². The van der Waals surface area contributed by atoms with Crippen molar-refractivity contribution in [2.24, 2.45) is 0 Å². The van der Waals surface area contributed by atoms with Crippen molar-refractivity contribution in [2.75, 3.05) is 26.1 Å². The summed E-state index contributed by atoms with van der Waals surface area (Å²) in [4.78, 5) is 12.0. The van der Waals surface area contributed by atoms with Gasteiger partial charge in [0.25, 0.3) is 0 Å². The maximum Gasteiger partial charge on any atom is 0.342 e. The Morgan fingerprint density at radius 1 is 1.44 bits per heavy atom. The molecule has 0 aromatic heterocycles. The van der Waals surface area contributed by atoms with Gasteiger partial charge in [0.1, 0.15) is 11.7 Å². The van der Waals surface area contributed by atoms with Crippen molar-refractivity contribution in [1.29, 1.82) is 0 Å². The van der Waals surface area contributed by atoms with Gasteiger partial charge in [-0.25, -0.2) is 4.79 Å². The van der Waals surface area contributed by atoms with E-state index in [1.807, 2.05) is 6.92 Å². The summed E-state index contributed by atoms with van der Waals surface area (Å²) in [5.74, 6) is -0.0927. The number of carbonyl (C=O) groups is 1. The molecule has 0 amide bonds. The molecule has 5 heteroatoms. The van der Waals surface area contributed by atoms with Gasteiger partial charge in [-0.05, 0) is 26.0 Å². The van der Waals surface area contributed by atoms with Crippen molar-refractivity contribution < 1.29 is 19.0 Å². The molecule has 0 fully saturated rings. The maximum absolute atomic E-state index is 12.0. The van der Waals surface area contributed by atoms with Crippen molar-refractivity contribution in [3.63, 3.8) is 0 Å². The SMILES string of the molecule is CCOc1c(N)cccc1C(=O)OC(C)COC. The Morgan fingerprint density at radius 2 is 2.17 bits per heavy atom. The van der Waals surface area contributed by atoms with Gasteiger partial charge in [-0.2, -0.15) is 0 Å². The zero-order valence-corrected chi connectivity index (χ0v) is 10.9. The zero-order valence-electron chi connectivity index (χ0n) is 10.9. The molecule has 0 aliphatic heterocycles. The van der Waals surface area contributed by atoms with E-state index in [1.165, 1.54) is 0 Å². The van der Waals surface area contributed by atoms with Crippen LogP contribution >= 0.6 is 0 Å². The third-order valence-corrected chi connectivity index (χ3v) is 2.26. The Kier molecular flexibility index (Phi) is 5.45. The number of hydrogen-bond acceptors (Lipinski definition) is 5. The van der Waals surface area contributed by atoms with Crippen LogP contribution < -0.4 is 10.5 Å². The largest absolute Gasteiger partial charge is 0.491 e. The number of benzene rings is 1. The van der Waals surface area contributed by atoms with Gasteiger partial charge in [-0.3, -0.25) is 0 Å². The first kappa shape index (κ1) is 14.3. The standard InChI is InChI=1S/C13H19NO4/c1-4-17-12-10(6-5-7-11(12)14)13(15)18-9(2)8-16-3/h5-7,9H,4,8,14H2,1-3H3. The number of hydrogen-bond donors (Lipinski definition) is 1. The second-order valence-corrected chi connectivity index (χ2v) is 3.83. The predicted molar refractivity (Wildman–Crippen MR) is 68.8 cm³/mol. The number of nitrogen functional groups attached to an aromatic ring is 1. The maximum atomic E-state index is 12.0. The lowest BCUT2D eigenvalue weighted by Gasteiger charge is -2.15. The minimum atomic E-state index is -0.463. The minimum absolute atomic E-state index is 0.321. The number of esters is 1. The highest BCUT2D eigenvalue weighted by Crippen LogP contribution is 2.27. The van der Waals surface area contributed by atoms with Crippen LogP contribution in [0.5, 0.6) is 5.75 Å². The molecule has 0 aliphatic carbocycles. The summed E-state index contributed by atoms with van der Waals surface area (Å²) in [5.41, 5.74) is 6.53. The molecule has 0 bridgehead atoms. The molecular formula is C13H19NO4. The zero-order chi connectivity index (χ0) is 13.5. The second-order valence-electron chi connectivity index (χ2n) is 3.83. The highest BCUT2D eigenvalue weighted by Gasteiger charge is 2.18. The van der Waals surface area contributed by atoms with E-state index in [9.17, 15) is 4.79 Å². The molecule has 0 saturated heterocycles. The average Bonchev–Trinajstić information content (AvgIpc) is 2.32. The van der Waals surface area contributed by atoms with Gasteiger partial charge in [-0.1, -0.05) is 6.07 Å². The number of ether oxygens (including phenoxy) is 3. The lowest BCUT2D eigenvalue weighted by atomic mass is 10.1. The lowest BCUT2D eigenvalue weighted by Crippen LogP contribution is -2.20. The van der Waals surface area contributed by atoms with E-state index in [0.29, 0.717) is 30.2 Å². The highest BCUT2D eigenvalue weighted by atomic mass is 16.6. The average molecular weight is 253 g/mol. The third-order valence-electron chi connectivity index (χ3n) is 2.26. The van der Waals surface area contributed by atoms with Crippen molar-refractivity contribution in [2.45, 2.75) is 20.0 Å². The van der Waals surface area contributed by atoms with Crippen LogP contribution in [-0.2, 0) is 9.47 Å². The molecule has 100 valence electrons. The van der Waals surface area contributed by atoms with Crippen LogP contribution in [0.4, 0.5) is 5.69 Å². The fourth-order valence-corrected chi connectivity index (χ4v) is 1.54. The summed E-state index contributed by atoms with van der Waals surface area (Å²) in [6.45, 7) is 4.36. The summed E-state index contributed by atoms with van der Waals surface area (Å²) >= 11 is 0. The van der Waals surface area contributed by atoms with Gasteiger partial charge >= 0.3 is 5.97 Å². The van der Waals surface area contributed by atoms with Crippen molar-refractivity contribution in [3.8, 4) is 5.75 Å². The quantitative estimate of drug-likeness (QED) is 0.619. The van der Waals surface area contributed by atoms with Crippen molar-refractivity contribution in [1.82, 2.24) is 0 Å². The van der Waals surface area contributed by atoms with Crippen LogP contribution in [0.2, 0.25) is 0 Å². The van der Waals surface area contributed by atoms with E-state index in [-0.39, 0.29) is 6.10 Å². The fourth-order valence-electron chi connectivity index (χ4n) is 1.54. The lowest BCUT2D eigenvalue weighted by molar-refractivity contribution is 0.0117. The van der Waals surface area contributed by atoms with E-state index in [1.54, 1.807) is 32.2 Å². The second kappa shape index (κ2) is 6.86. The number of methoxy groups -OCH3 is 1. The van der Waals surface area contributed by atoms with Gasteiger partial charge in [0, 0.05) is 7.11 Å². The van der Waals surface area contributed by atoms with Crippen molar-refractivity contribution in [3.05, 3.63) is 23.8 Å². The first-order chi connectivity index (χ1) is 8.60. The molecule has 1 atom stereocenters. The predicted octanol–water partition coefficient (Wildman–Crippen LogP) is 1.86. The van der Waals surface area contributed by atoms with E-state index in [2.05, 4.69) is 0 Å². The van der Waals surface area contributed by atoms with E-state index in [4.69, 9.17) is 19.9 Å². The topological polar surface area (TPSA) is 70.8 Å². The van der Waals surface area contributed by atoms with Crippen LogP contribution in [-0.4, -0.2) is 32.4 Å². The minimum Gasteiger partial charge on any atom is -0.491 e. The van der Waals surface area contributed by atoms with Gasteiger partial charge < -0.3 is 19.9 Å². The van der Waals surface area contributed by atoms with Gasteiger partial charge in [0.15, 0.2) is 5.75 Å². The molecule has 0 saturated carbocycles. The molecule has 0 heterocycles. The summed E-state index contributed by atoms with van der Waals surface area (Å²) in [7, 11) is 1.55. The summed E-state index contributed by atoms with van der Waals surface area (Å²) in [5, 5.41) is 0. The molecule has 18 heavy (non-hydrogen) atoms. The summed E-state index contributed by atoms with van der Waals surface area (Å²) in [6.07, 6.45) is -0.321. The highest BCUT2D eigenvalue weighted by molar-refractivity contribution is 5.94. The number of nitrogens with two attached hydrogens (primary N) is 1. The van der Waals surface area contributed by atoms with Crippen LogP contribution in [0.25, 0.3) is 0 Å². The Balaban J connectivity index is 2.87. The molecule has 1 aromatic rings. The molecule has 0 spiro atoms. The number of carbonyl (C=O) groups excluding carboxylic acids is 1. The molecule has 2 N–H and O–H groups in total. The Morgan fingerprint density at radius 3 is 2.78 bits per heavy atom. The summed E-state index contributed by atoms with van der Waals surface area (Å²) < 4.78 is 15.5. The Hall–Kier alpha value is -1.75. The normalized spacial score (nSPS) is 11.9. The number of para-hydroxylation sites is 1. The molecule has 1 unspecified atom stereocenters. The van der Waals surface area contributed by atoms with Gasteiger partial charge in [0.2, 0.25) is 0 Å². The third kappa shape index (κ3) is 3.63. The smallest absolute Gasteiger partial charge is 0.342 e. The first-order valence-corrected chi connectivity index (χ1v) is 5.81. The molecule has 1 rings (SSSR count). The Labute approximate surface area is 107 Å². The monoisotopic (exact) mass is 253 g/mol. The van der Waals surface area contributed by atoms with E-state index < -0.39 is 5.97 Å². The Bertz CT molecular complexity index is 406. The van der Waals surface area contributed by atoms with Gasteiger partial charge in [0.05, 0.1) is 18.9 Å².